The van der Waals surface area contributed by atoms with Gasteiger partial charge in [-0.1, -0.05) is 18.2 Å². The molecule has 0 aliphatic carbocycles. The Balaban J connectivity index is 1.93. The third kappa shape index (κ3) is 3.32. The number of methoxy groups -OCH3 is 1. The Morgan fingerprint density at radius 3 is 2.60 bits per heavy atom. The van der Waals surface area contributed by atoms with E-state index in [-0.39, 0.29) is 16.6 Å². The standard InChI is InChI=1S/C16H14F3N3O2S/c1-24-14-10(16(17,18)19)7-6-9(13(14)20)8-25(23)15-21-11-4-2-3-5-12(11)22-15/h2-7H,8,20H2,1H3,(H,21,22). The zero-order valence-corrected chi connectivity index (χ0v) is 13.9. The Bertz CT molecular complexity index is 920. The van der Waals surface area contributed by atoms with Crippen molar-refractivity contribution in [3.05, 3.63) is 47.5 Å². The smallest absolute Gasteiger partial charge is 0.420 e. The Kier molecular flexibility index (Phi) is 4.42. The maximum atomic E-state index is 13.0. The summed E-state index contributed by atoms with van der Waals surface area (Å²) in [6.07, 6.45) is -4.59. The number of benzene rings is 2. The lowest BCUT2D eigenvalue weighted by Crippen LogP contribution is -2.11. The van der Waals surface area contributed by atoms with Crippen molar-refractivity contribution < 1.29 is 22.1 Å². The molecule has 3 N–H and O–H groups in total. The summed E-state index contributed by atoms with van der Waals surface area (Å²) in [6.45, 7) is 0. The van der Waals surface area contributed by atoms with Gasteiger partial charge in [0.15, 0.2) is 10.9 Å². The quantitative estimate of drug-likeness (QED) is 0.690. The van der Waals surface area contributed by atoms with Crippen LogP contribution in [0, 0.1) is 0 Å². The number of nitrogens with one attached hydrogen (secondary N) is 1. The highest BCUT2D eigenvalue weighted by Gasteiger charge is 2.35. The first kappa shape index (κ1) is 17.3. The molecule has 132 valence electrons. The third-order valence-electron chi connectivity index (χ3n) is 3.67. The van der Waals surface area contributed by atoms with Crippen LogP contribution >= 0.6 is 0 Å². The minimum absolute atomic E-state index is 0.0832. The van der Waals surface area contributed by atoms with Crippen LogP contribution in [0.3, 0.4) is 0 Å². The van der Waals surface area contributed by atoms with E-state index in [1.54, 1.807) is 18.2 Å². The molecule has 0 radical (unpaired) electrons. The number of aromatic amines is 1. The van der Waals surface area contributed by atoms with Crippen molar-refractivity contribution in [1.29, 1.82) is 0 Å². The number of halogens is 3. The normalized spacial score (nSPS) is 13.1. The van der Waals surface area contributed by atoms with Gasteiger partial charge >= 0.3 is 6.18 Å². The number of anilines is 1. The molecule has 0 bridgehead atoms. The van der Waals surface area contributed by atoms with E-state index in [9.17, 15) is 17.4 Å². The summed E-state index contributed by atoms with van der Waals surface area (Å²) in [5.41, 5.74) is 6.33. The molecule has 25 heavy (non-hydrogen) atoms. The van der Waals surface area contributed by atoms with E-state index in [2.05, 4.69) is 9.97 Å². The molecule has 0 aliphatic rings. The number of H-pyrrole nitrogens is 1. The fraction of sp³-hybridized carbons (Fsp3) is 0.188. The summed E-state index contributed by atoms with van der Waals surface area (Å²) in [7, 11) is -0.487. The van der Waals surface area contributed by atoms with Crippen LogP contribution in [0.4, 0.5) is 18.9 Å². The highest BCUT2D eigenvalue weighted by atomic mass is 32.2. The Morgan fingerprint density at radius 1 is 1.24 bits per heavy atom. The second-order valence-corrected chi connectivity index (χ2v) is 6.63. The topological polar surface area (TPSA) is 81.0 Å². The number of hydrogen-bond donors (Lipinski definition) is 2. The number of ether oxygens (including phenoxy) is 1. The molecular weight excluding hydrogens is 355 g/mol. The number of para-hydroxylation sites is 2. The molecule has 1 aromatic heterocycles. The first-order chi connectivity index (χ1) is 11.8. The summed E-state index contributed by atoms with van der Waals surface area (Å²) in [5.74, 6) is -0.549. The van der Waals surface area contributed by atoms with Crippen molar-refractivity contribution in [2.24, 2.45) is 0 Å². The van der Waals surface area contributed by atoms with E-state index in [4.69, 9.17) is 10.5 Å². The Hall–Kier alpha value is -2.55. The van der Waals surface area contributed by atoms with Gasteiger partial charge < -0.3 is 15.5 Å². The summed E-state index contributed by atoms with van der Waals surface area (Å²) in [6, 6.07) is 9.25. The van der Waals surface area contributed by atoms with E-state index in [1.165, 1.54) is 6.07 Å². The van der Waals surface area contributed by atoms with Gasteiger partial charge in [0.2, 0.25) is 0 Å². The van der Waals surface area contributed by atoms with Crippen LogP contribution in [0.25, 0.3) is 11.0 Å². The minimum atomic E-state index is -4.59. The van der Waals surface area contributed by atoms with Gasteiger partial charge in [-0.3, -0.25) is 4.21 Å². The molecule has 3 aromatic rings. The van der Waals surface area contributed by atoms with Gasteiger partial charge in [0.05, 0.1) is 45.9 Å². The molecule has 0 aliphatic heterocycles. The van der Waals surface area contributed by atoms with Crippen LogP contribution in [0.5, 0.6) is 5.75 Å². The number of aromatic nitrogens is 2. The second-order valence-electron chi connectivity index (χ2n) is 5.27. The van der Waals surface area contributed by atoms with Gasteiger partial charge in [0, 0.05) is 0 Å². The van der Waals surface area contributed by atoms with Crippen molar-refractivity contribution in [3.63, 3.8) is 0 Å². The molecular formula is C16H14F3N3O2S. The molecule has 5 nitrogen and oxygen atoms in total. The molecule has 1 heterocycles. The fourth-order valence-electron chi connectivity index (χ4n) is 2.46. The molecule has 1 unspecified atom stereocenters. The zero-order chi connectivity index (χ0) is 18.2. The lowest BCUT2D eigenvalue weighted by Gasteiger charge is -2.16. The van der Waals surface area contributed by atoms with Gasteiger partial charge in [0.25, 0.3) is 0 Å². The van der Waals surface area contributed by atoms with Crippen LogP contribution in [-0.4, -0.2) is 21.3 Å². The summed E-state index contributed by atoms with van der Waals surface area (Å²) in [5, 5.41) is 0.236. The van der Waals surface area contributed by atoms with Gasteiger partial charge in [-0.25, -0.2) is 4.98 Å². The van der Waals surface area contributed by atoms with Crippen molar-refractivity contribution >= 4 is 27.5 Å². The Labute approximate surface area is 143 Å². The number of nitrogens with zero attached hydrogens (tertiary/aromatic N) is 1. The first-order valence-electron chi connectivity index (χ1n) is 7.17. The van der Waals surface area contributed by atoms with Gasteiger partial charge in [-0.2, -0.15) is 13.2 Å². The van der Waals surface area contributed by atoms with Crippen LogP contribution < -0.4 is 10.5 Å². The van der Waals surface area contributed by atoms with E-state index >= 15 is 0 Å². The molecule has 0 amide bonds. The highest BCUT2D eigenvalue weighted by molar-refractivity contribution is 7.84. The summed E-state index contributed by atoms with van der Waals surface area (Å²) < 4.78 is 56.3. The highest BCUT2D eigenvalue weighted by Crippen LogP contribution is 2.41. The minimum Gasteiger partial charge on any atom is -0.494 e. The zero-order valence-electron chi connectivity index (χ0n) is 13.1. The fourth-order valence-corrected chi connectivity index (χ4v) is 3.55. The average molecular weight is 369 g/mol. The molecule has 3 rings (SSSR count). The molecule has 9 heteroatoms. The summed E-state index contributed by atoms with van der Waals surface area (Å²) >= 11 is 0. The van der Waals surface area contributed by atoms with Gasteiger partial charge in [0.1, 0.15) is 0 Å². The molecule has 0 spiro atoms. The van der Waals surface area contributed by atoms with Crippen molar-refractivity contribution in [1.82, 2.24) is 9.97 Å². The lowest BCUT2D eigenvalue weighted by atomic mass is 10.1. The third-order valence-corrected chi connectivity index (χ3v) is 4.86. The monoisotopic (exact) mass is 369 g/mol. The van der Waals surface area contributed by atoms with Crippen LogP contribution in [0.2, 0.25) is 0 Å². The van der Waals surface area contributed by atoms with Crippen LogP contribution in [-0.2, 0) is 22.7 Å². The largest absolute Gasteiger partial charge is 0.494 e. The Morgan fingerprint density at radius 2 is 1.96 bits per heavy atom. The van der Waals surface area contributed by atoms with E-state index in [1.807, 2.05) is 6.07 Å². The molecule has 0 saturated carbocycles. The van der Waals surface area contributed by atoms with Gasteiger partial charge in [-0.15, -0.1) is 0 Å². The number of nitrogens with two attached hydrogens (primary N) is 1. The van der Waals surface area contributed by atoms with E-state index < -0.39 is 28.3 Å². The number of nitrogen functional groups attached to an aromatic ring is 1. The van der Waals surface area contributed by atoms with Crippen molar-refractivity contribution in [2.75, 3.05) is 12.8 Å². The molecule has 0 saturated heterocycles. The maximum absolute atomic E-state index is 13.0. The van der Waals surface area contributed by atoms with Crippen molar-refractivity contribution in [2.45, 2.75) is 17.1 Å². The maximum Gasteiger partial charge on any atom is 0.420 e. The second kappa shape index (κ2) is 6.40. The van der Waals surface area contributed by atoms with Crippen molar-refractivity contribution in [3.8, 4) is 5.75 Å². The number of fused-ring (bicyclic) bond motifs is 1. The predicted molar refractivity (Wildman–Crippen MR) is 88.6 cm³/mol. The van der Waals surface area contributed by atoms with Crippen LogP contribution in [0.1, 0.15) is 11.1 Å². The molecule has 1 atom stereocenters. The van der Waals surface area contributed by atoms with Gasteiger partial charge in [-0.05, 0) is 23.8 Å². The van der Waals surface area contributed by atoms with E-state index in [0.717, 1.165) is 18.7 Å². The predicted octanol–water partition coefficient (Wildman–Crippen LogP) is 3.48. The lowest BCUT2D eigenvalue weighted by molar-refractivity contribution is -0.138. The average Bonchev–Trinajstić information content (AvgIpc) is 2.99. The number of imidazole rings is 1. The van der Waals surface area contributed by atoms with E-state index in [0.29, 0.717) is 11.1 Å². The number of rotatable bonds is 4. The van der Waals surface area contributed by atoms with Crippen LogP contribution in [0.15, 0.2) is 41.6 Å². The molecule has 0 fully saturated rings. The molecule has 2 aromatic carbocycles. The number of alkyl halides is 3. The first-order valence-corrected chi connectivity index (χ1v) is 8.49. The SMILES string of the molecule is COc1c(C(F)(F)F)ccc(CS(=O)c2nc3ccccc3[nH]2)c1N. The number of hydrogen-bond acceptors (Lipinski definition) is 4. The summed E-state index contributed by atoms with van der Waals surface area (Å²) in [4.78, 5) is 7.17.